The normalized spacial score (nSPS) is 10.9. The largest absolute Gasteiger partial charge is 0.375 e. The molecule has 0 aliphatic carbocycles. The van der Waals surface area contributed by atoms with Crippen LogP contribution in [0.3, 0.4) is 0 Å². The van der Waals surface area contributed by atoms with E-state index < -0.39 is 0 Å². The van der Waals surface area contributed by atoms with Gasteiger partial charge < -0.3 is 5.73 Å². The molecule has 0 radical (unpaired) electrons. The molecule has 5 nitrogen and oxygen atoms in total. The average Bonchev–Trinajstić information content (AvgIpc) is 3.06. The Morgan fingerprint density at radius 2 is 1.92 bits per heavy atom. The topological polar surface area (TPSA) is 68.2 Å². The molecule has 0 bridgehead atoms. The highest BCUT2D eigenvalue weighted by atomic mass is 32.1. The molecule has 0 atom stereocenters. The van der Waals surface area contributed by atoms with E-state index >= 15 is 0 Å². The van der Waals surface area contributed by atoms with Crippen LogP contribution in [-0.4, -0.2) is 21.1 Å². The monoisotopic (exact) mass is 349 g/mol. The van der Waals surface area contributed by atoms with E-state index in [4.69, 9.17) is 23.1 Å². The Kier molecular flexibility index (Phi) is 5.20. The summed E-state index contributed by atoms with van der Waals surface area (Å²) in [7, 11) is 0. The van der Waals surface area contributed by atoms with Crippen molar-refractivity contribution in [1.29, 1.82) is 0 Å². The number of aromatic nitrogens is 2. The second-order valence-electron chi connectivity index (χ2n) is 5.50. The number of aryl methyl sites for hydroxylation is 1. The van der Waals surface area contributed by atoms with Gasteiger partial charge in [-0.3, -0.25) is 5.43 Å². The summed E-state index contributed by atoms with van der Waals surface area (Å²) in [6.45, 7) is 2.14. The minimum atomic E-state index is 0.126. The third kappa shape index (κ3) is 4.10. The van der Waals surface area contributed by atoms with Crippen LogP contribution in [0.1, 0.15) is 18.1 Å². The number of hydrazone groups is 1. The zero-order valence-electron chi connectivity index (χ0n) is 13.9. The summed E-state index contributed by atoms with van der Waals surface area (Å²) in [6.07, 6.45) is 4.61. The molecule has 126 valence electrons. The molecule has 0 spiro atoms. The van der Waals surface area contributed by atoms with Crippen molar-refractivity contribution in [2.24, 2.45) is 10.8 Å². The number of rotatable bonds is 5. The zero-order chi connectivity index (χ0) is 17.6. The summed E-state index contributed by atoms with van der Waals surface area (Å²) < 4.78 is 1.84. The van der Waals surface area contributed by atoms with Gasteiger partial charge in [0.25, 0.3) is 0 Å². The molecule has 0 unspecified atom stereocenters. The van der Waals surface area contributed by atoms with E-state index in [9.17, 15) is 0 Å². The fourth-order valence-electron chi connectivity index (χ4n) is 2.48. The van der Waals surface area contributed by atoms with E-state index in [0.717, 1.165) is 28.9 Å². The number of hydrogen-bond donors (Lipinski definition) is 2. The van der Waals surface area contributed by atoms with Gasteiger partial charge in [0.05, 0.1) is 11.9 Å². The summed E-state index contributed by atoms with van der Waals surface area (Å²) in [4.78, 5) is 0. The summed E-state index contributed by atoms with van der Waals surface area (Å²) in [5, 5.41) is 8.94. The van der Waals surface area contributed by atoms with Crippen LogP contribution in [0.15, 0.2) is 65.9 Å². The molecule has 0 amide bonds. The summed E-state index contributed by atoms with van der Waals surface area (Å²) in [6, 6.07) is 18.3. The van der Waals surface area contributed by atoms with Crippen molar-refractivity contribution in [3.8, 4) is 16.9 Å². The number of nitrogens with two attached hydrogens (primary N) is 1. The predicted molar refractivity (Wildman–Crippen MR) is 106 cm³/mol. The van der Waals surface area contributed by atoms with Crippen LogP contribution < -0.4 is 11.2 Å². The number of benzene rings is 2. The highest BCUT2D eigenvalue weighted by molar-refractivity contribution is 7.80. The van der Waals surface area contributed by atoms with Crippen molar-refractivity contribution in [3.63, 3.8) is 0 Å². The van der Waals surface area contributed by atoms with Gasteiger partial charge in [-0.25, -0.2) is 4.68 Å². The molecule has 25 heavy (non-hydrogen) atoms. The Balaban J connectivity index is 2.02. The third-order valence-corrected chi connectivity index (χ3v) is 3.87. The number of hydrogen-bond acceptors (Lipinski definition) is 3. The maximum absolute atomic E-state index is 5.42. The fourth-order valence-corrected chi connectivity index (χ4v) is 2.54. The number of nitrogens with one attached hydrogen (secondary N) is 1. The van der Waals surface area contributed by atoms with Crippen LogP contribution in [0.4, 0.5) is 0 Å². The molecule has 0 aliphatic heterocycles. The van der Waals surface area contributed by atoms with Crippen molar-refractivity contribution in [3.05, 3.63) is 71.9 Å². The summed E-state index contributed by atoms with van der Waals surface area (Å²) in [5.74, 6) is 0. The molecule has 0 saturated heterocycles. The molecule has 3 aromatic rings. The Bertz CT molecular complexity index is 882. The van der Waals surface area contributed by atoms with Crippen LogP contribution in [0.5, 0.6) is 0 Å². The van der Waals surface area contributed by atoms with Gasteiger partial charge in [0.1, 0.15) is 5.69 Å². The lowest BCUT2D eigenvalue weighted by Gasteiger charge is -2.02. The van der Waals surface area contributed by atoms with Crippen molar-refractivity contribution >= 4 is 23.5 Å². The van der Waals surface area contributed by atoms with Crippen molar-refractivity contribution in [2.45, 2.75) is 13.3 Å². The molecular weight excluding hydrogens is 330 g/mol. The standard InChI is InChI=1S/C19H19N5S/c1-2-14-8-10-15(11-9-14)18-16(12-21-22-19(20)25)13-24(23-18)17-6-4-3-5-7-17/h3-13H,2H2,1H3,(H3,20,22,25). The molecule has 1 aromatic heterocycles. The summed E-state index contributed by atoms with van der Waals surface area (Å²) in [5.41, 5.74) is 13.0. The van der Waals surface area contributed by atoms with Gasteiger partial charge in [0.2, 0.25) is 0 Å². The maximum Gasteiger partial charge on any atom is 0.184 e. The molecule has 3 rings (SSSR count). The van der Waals surface area contributed by atoms with Gasteiger partial charge in [-0.2, -0.15) is 10.2 Å². The van der Waals surface area contributed by atoms with Crippen LogP contribution in [0.2, 0.25) is 0 Å². The molecular formula is C19H19N5S. The first kappa shape index (κ1) is 16.9. The Hall–Kier alpha value is -2.99. The quantitative estimate of drug-likeness (QED) is 0.421. The molecule has 0 saturated carbocycles. The number of para-hydroxylation sites is 1. The third-order valence-electron chi connectivity index (χ3n) is 3.78. The second kappa shape index (κ2) is 7.72. The summed E-state index contributed by atoms with van der Waals surface area (Å²) >= 11 is 4.78. The van der Waals surface area contributed by atoms with Crippen molar-refractivity contribution in [2.75, 3.05) is 0 Å². The van der Waals surface area contributed by atoms with Crippen molar-refractivity contribution in [1.82, 2.24) is 15.2 Å². The van der Waals surface area contributed by atoms with Gasteiger partial charge >= 0.3 is 0 Å². The van der Waals surface area contributed by atoms with E-state index in [1.165, 1.54) is 5.56 Å². The Labute approximate surface area is 152 Å². The van der Waals surface area contributed by atoms with Crippen molar-refractivity contribution < 1.29 is 0 Å². The lowest BCUT2D eigenvalue weighted by atomic mass is 10.1. The minimum absolute atomic E-state index is 0.126. The highest BCUT2D eigenvalue weighted by Crippen LogP contribution is 2.23. The number of nitrogens with zero attached hydrogens (tertiary/aromatic N) is 3. The van der Waals surface area contributed by atoms with Gasteiger partial charge in [-0.15, -0.1) is 0 Å². The molecule has 2 aromatic carbocycles. The molecule has 0 fully saturated rings. The first-order valence-corrected chi connectivity index (χ1v) is 8.41. The van der Waals surface area contributed by atoms with Crippen LogP contribution in [0.25, 0.3) is 16.9 Å². The van der Waals surface area contributed by atoms with Gasteiger partial charge in [0, 0.05) is 17.3 Å². The molecule has 1 heterocycles. The predicted octanol–water partition coefficient (Wildman–Crippen LogP) is 3.27. The molecule has 6 heteroatoms. The van der Waals surface area contributed by atoms with E-state index in [0.29, 0.717) is 0 Å². The Morgan fingerprint density at radius 3 is 2.56 bits per heavy atom. The minimum Gasteiger partial charge on any atom is -0.375 e. The average molecular weight is 349 g/mol. The van der Waals surface area contributed by atoms with Gasteiger partial charge in [-0.1, -0.05) is 49.4 Å². The first-order valence-electron chi connectivity index (χ1n) is 8.00. The zero-order valence-corrected chi connectivity index (χ0v) is 14.7. The number of thiocarbonyl (C=S) groups is 1. The first-order chi connectivity index (χ1) is 12.2. The highest BCUT2D eigenvalue weighted by Gasteiger charge is 2.11. The van der Waals surface area contributed by atoms with Gasteiger partial charge in [-0.05, 0) is 36.3 Å². The van der Waals surface area contributed by atoms with Crippen LogP contribution >= 0.6 is 12.2 Å². The lowest BCUT2D eigenvalue weighted by Crippen LogP contribution is -2.24. The fraction of sp³-hybridized carbons (Fsp3) is 0.105. The molecule has 3 N–H and O–H groups in total. The van der Waals surface area contributed by atoms with E-state index in [-0.39, 0.29) is 5.11 Å². The van der Waals surface area contributed by atoms with E-state index in [1.54, 1.807) is 6.21 Å². The second-order valence-corrected chi connectivity index (χ2v) is 5.94. The van der Waals surface area contributed by atoms with Crippen LogP contribution in [-0.2, 0) is 6.42 Å². The Morgan fingerprint density at radius 1 is 1.20 bits per heavy atom. The smallest absolute Gasteiger partial charge is 0.184 e. The van der Waals surface area contributed by atoms with Gasteiger partial charge in [0.15, 0.2) is 5.11 Å². The lowest BCUT2D eigenvalue weighted by molar-refractivity contribution is 0.884. The van der Waals surface area contributed by atoms with Crippen LogP contribution in [0, 0.1) is 0 Å². The maximum atomic E-state index is 5.42. The molecule has 0 aliphatic rings. The van der Waals surface area contributed by atoms with E-state index in [1.807, 2.05) is 41.2 Å². The van der Waals surface area contributed by atoms with E-state index in [2.05, 4.69) is 41.7 Å². The SMILES string of the molecule is CCc1ccc(-c2nn(-c3ccccc3)cc2C=NNC(N)=S)cc1.